The van der Waals surface area contributed by atoms with Crippen molar-refractivity contribution in [2.45, 2.75) is 51.3 Å². The first-order chi connectivity index (χ1) is 19.1. The standard InChI is InChI=1S/C31H33N3O6/c1-19(2)28(33-29(38)24-14-13-22-11-7-8-12-23(22)15-24)26-18-31(40-34-26,17-21-9-5-4-6-10-21)30(39)32-25(20(3)35)16-27(36)37/h4-15,18-19,25,28,34H,16-17H2,1-3H3,(H,32,39)(H,33,38)(H,36,37)/t25-,28-,31?/m0/s1. The molecular formula is C31H33N3O6. The van der Waals surface area contributed by atoms with E-state index in [4.69, 9.17) is 4.84 Å². The fourth-order valence-corrected chi connectivity index (χ4v) is 4.70. The van der Waals surface area contributed by atoms with Crippen LogP contribution in [0, 0.1) is 5.92 Å². The third-order valence-electron chi connectivity index (χ3n) is 6.91. The van der Waals surface area contributed by atoms with Crippen LogP contribution in [-0.2, 0) is 25.6 Å². The smallest absolute Gasteiger partial charge is 0.305 e. The van der Waals surface area contributed by atoms with Gasteiger partial charge in [-0.05, 0) is 47.4 Å². The lowest BCUT2D eigenvalue weighted by atomic mass is 9.90. The van der Waals surface area contributed by atoms with Gasteiger partial charge in [-0.1, -0.05) is 74.5 Å². The van der Waals surface area contributed by atoms with E-state index in [1.54, 1.807) is 12.1 Å². The normalized spacial score (nSPS) is 17.9. The number of hydrogen-bond acceptors (Lipinski definition) is 6. The molecule has 0 radical (unpaired) electrons. The Balaban J connectivity index is 1.63. The average Bonchev–Trinajstić information content (AvgIpc) is 3.35. The van der Waals surface area contributed by atoms with Crippen molar-refractivity contribution < 1.29 is 29.1 Å². The van der Waals surface area contributed by atoms with Crippen LogP contribution >= 0.6 is 0 Å². The molecule has 3 aromatic carbocycles. The van der Waals surface area contributed by atoms with Crippen LogP contribution in [0.5, 0.6) is 0 Å². The molecule has 9 nitrogen and oxygen atoms in total. The van der Waals surface area contributed by atoms with Gasteiger partial charge in [-0.25, -0.2) is 0 Å². The number of hydroxylamine groups is 1. The molecule has 0 saturated carbocycles. The lowest BCUT2D eigenvalue weighted by Gasteiger charge is -2.26. The van der Waals surface area contributed by atoms with E-state index < -0.39 is 41.8 Å². The summed E-state index contributed by atoms with van der Waals surface area (Å²) in [7, 11) is 0. The molecule has 208 valence electrons. The second-order valence-corrected chi connectivity index (χ2v) is 10.3. The number of carbonyl (C=O) groups is 4. The number of aliphatic carboxylic acids is 1. The van der Waals surface area contributed by atoms with Gasteiger partial charge in [0.25, 0.3) is 11.8 Å². The van der Waals surface area contributed by atoms with E-state index in [9.17, 15) is 24.3 Å². The zero-order valence-electron chi connectivity index (χ0n) is 22.6. The Morgan fingerprint density at radius 3 is 2.25 bits per heavy atom. The quantitative estimate of drug-likeness (QED) is 0.291. The van der Waals surface area contributed by atoms with Crippen molar-refractivity contribution >= 4 is 34.3 Å². The number of benzene rings is 3. The van der Waals surface area contributed by atoms with E-state index in [0.29, 0.717) is 11.3 Å². The average molecular weight is 544 g/mol. The minimum Gasteiger partial charge on any atom is -0.481 e. The summed E-state index contributed by atoms with van der Waals surface area (Å²) in [6, 6.07) is 20.7. The van der Waals surface area contributed by atoms with Crippen molar-refractivity contribution in [1.82, 2.24) is 16.1 Å². The molecule has 0 spiro atoms. The summed E-state index contributed by atoms with van der Waals surface area (Å²) in [5.74, 6) is -2.72. The first-order valence-corrected chi connectivity index (χ1v) is 13.1. The molecule has 0 bridgehead atoms. The molecule has 1 aliphatic heterocycles. The summed E-state index contributed by atoms with van der Waals surface area (Å²) < 4.78 is 0. The number of hydrogen-bond donors (Lipinski definition) is 4. The fourth-order valence-electron chi connectivity index (χ4n) is 4.70. The number of amides is 2. The molecular weight excluding hydrogens is 510 g/mol. The number of nitrogens with one attached hydrogen (secondary N) is 3. The van der Waals surface area contributed by atoms with Gasteiger partial charge in [0.15, 0.2) is 11.4 Å². The van der Waals surface area contributed by atoms with Crippen molar-refractivity contribution in [3.8, 4) is 0 Å². The van der Waals surface area contributed by atoms with Crippen molar-refractivity contribution in [1.29, 1.82) is 0 Å². The largest absolute Gasteiger partial charge is 0.481 e. The van der Waals surface area contributed by atoms with E-state index in [2.05, 4.69) is 16.1 Å². The summed E-state index contributed by atoms with van der Waals surface area (Å²) in [5.41, 5.74) is 3.01. The molecule has 4 N–H and O–H groups in total. The summed E-state index contributed by atoms with van der Waals surface area (Å²) in [6.45, 7) is 5.09. The molecule has 4 rings (SSSR count). The highest BCUT2D eigenvalue weighted by Gasteiger charge is 2.46. The van der Waals surface area contributed by atoms with E-state index in [1.165, 1.54) is 6.92 Å². The summed E-state index contributed by atoms with van der Waals surface area (Å²) >= 11 is 0. The van der Waals surface area contributed by atoms with E-state index >= 15 is 0 Å². The van der Waals surface area contributed by atoms with Gasteiger partial charge in [0, 0.05) is 12.0 Å². The lowest BCUT2D eigenvalue weighted by Crippen LogP contribution is -2.53. The van der Waals surface area contributed by atoms with Gasteiger partial charge in [-0.3, -0.25) is 29.5 Å². The van der Waals surface area contributed by atoms with Crippen LogP contribution < -0.4 is 16.1 Å². The molecule has 3 atom stereocenters. The number of fused-ring (bicyclic) bond motifs is 1. The molecule has 1 unspecified atom stereocenters. The zero-order chi connectivity index (χ0) is 28.9. The number of carboxylic acids is 1. The molecule has 1 heterocycles. The zero-order valence-corrected chi connectivity index (χ0v) is 22.6. The minimum atomic E-state index is -1.59. The molecule has 0 fully saturated rings. The predicted octanol–water partition coefficient (Wildman–Crippen LogP) is 3.54. The lowest BCUT2D eigenvalue weighted by molar-refractivity contribution is -0.147. The van der Waals surface area contributed by atoms with Crippen molar-refractivity contribution in [2.75, 3.05) is 0 Å². The summed E-state index contributed by atoms with van der Waals surface area (Å²) in [5, 5.41) is 16.8. The van der Waals surface area contributed by atoms with Crippen LogP contribution in [0.1, 0.15) is 43.1 Å². The molecule has 3 aromatic rings. The predicted molar refractivity (Wildman–Crippen MR) is 150 cm³/mol. The first kappa shape index (κ1) is 28.5. The van der Waals surface area contributed by atoms with Crippen molar-refractivity contribution in [2.24, 2.45) is 5.92 Å². The van der Waals surface area contributed by atoms with Gasteiger partial charge in [0.05, 0.1) is 24.2 Å². The molecule has 2 amide bonds. The number of carboxylic acid groups (broad SMARTS) is 1. The first-order valence-electron chi connectivity index (χ1n) is 13.1. The molecule has 0 saturated heterocycles. The summed E-state index contributed by atoms with van der Waals surface area (Å²) in [4.78, 5) is 56.2. The highest BCUT2D eigenvalue weighted by Crippen LogP contribution is 2.29. The third-order valence-corrected chi connectivity index (χ3v) is 6.91. The SMILES string of the molecule is CC(=O)[C@H](CC(=O)O)NC(=O)C1(Cc2ccccc2)C=C([C@@H](NC(=O)c2ccc3ccccc3c2)C(C)C)NO1. The van der Waals surface area contributed by atoms with Gasteiger partial charge in [-0.2, -0.15) is 0 Å². The Hall–Kier alpha value is -4.50. The Kier molecular flexibility index (Phi) is 8.64. The maximum Gasteiger partial charge on any atom is 0.305 e. The van der Waals surface area contributed by atoms with Crippen LogP contribution in [0.25, 0.3) is 10.8 Å². The topological polar surface area (TPSA) is 134 Å². The van der Waals surface area contributed by atoms with E-state index in [0.717, 1.165) is 16.3 Å². The Bertz CT molecular complexity index is 1450. The third kappa shape index (κ3) is 6.55. The maximum atomic E-state index is 13.6. The van der Waals surface area contributed by atoms with E-state index in [-0.39, 0.29) is 18.2 Å². The van der Waals surface area contributed by atoms with Crippen molar-refractivity contribution in [3.05, 3.63) is 95.7 Å². The second kappa shape index (κ2) is 12.1. The molecule has 1 aliphatic rings. The molecule has 40 heavy (non-hydrogen) atoms. The molecule has 0 aromatic heterocycles. The number of rotatable bonds is 11. The Morgan fingerprint density at radius 1 is 0.925 bits per heavy atom. The fraction of sp³-hybridized carbons (Fsp3) is 0.290. The second-order valence-electron chi connectivity index (χ2n) is 10.3. The van der Waals surface area contributed by atoms with Crippen LogP contribution in [0.15, 0.2) is 84.6 Å². The highest BCUT2D eigenvalue weighted by molar-refractivity contribution is 5.99. The van der Waals surface area contributed by atoms with Gasteiger partial charge in [0.2, 0.25) is 0 Å². The van der Waals surface area contributed by atoms with Crippen molar-refractivity contribution in [3.63, 3.8) is 0 Å². The molecule has 9 heteroatoms. The monoisotopic (exact) mass is 543 g/mol. The molecule has 0 aliphatic carbocycles. The van der Waals surface area contributed by atoms with Gasteiger partial charge >= 0.3 is 5.97 Å². The Morgan fingerprint density at radius 2 is 1.60 bits per heavy atom. The number of Topliss-reactive ketones (excluding diaryl/α,β-unsaturated/α-hetero) is 1. The van der Waals surface area contributed by atoms with Gasteiger partial charge in [-0.15, -0.1) is 0 Å². The van der Waals surface area contributed by atoms with Gasteiger partial charge in [0.1, 0.15) is 0 Å². The van der Waals surface area contributed by atoms with E-state index in [1.807, 2.05) is 80.6 Å². The van der Waals surface area contributed by atoms with Crippen LogP contribution in [0.3, 0.4) is 0 Å². The summed E-state index contributed by atoms with van der Waals surface area (Å²) in [6.07, 6.45) is 1.17. The van der Waals surface area contributed by atoms with Crippen LogP contribution in [0.2, 0.25) is 0 Å². The Labute approximate surface area is 232 Å². The van der Waals surface area contributed by atoms with Crippen LogP contribution in [0.4, 0.5) is 0 Å². The minimum absolute atomic E-state index is 0.0840. The van der Waals surface area contributed by atoms with Gasteiger partial charge < -0.3 is 15.7 Å². The highest BCUT2D eigenvalue weighted by atomic mass is 16.7. The van der Waals surface area contributed by atoms with Crippen LogP contribution in [-0.4, -0.2) is 46.4 Å². The number of ketones is 1. The maximum absolute atomic E-state index is 13.6. The number of carbonyl (C=O) groups excluding carboxylic acids is 3.